The third kappa shape index (κ3) is 7.12. The van der Waals surface area contributed by atoms with E-state index >= 15 is 0 Å². The highest BCUT2D eigenvalue weighted by Crippen LogP contribution is 2.46. The van der Waals surface area contributed by atoms with Crippen LogP contribution in [0.15, 0.2) is 265 Å². The van der Waals surface area contributed by atoms with E-state index in [0.717, 1.165) is 77.9 Å². The summed E-state index contributed by atoms with van der Waals surface area (Å²) in [5, 5.41) is 4.68. The van der Waals surface area contributed by atoms with Crippen LogP contribution in [-0.4, -0.2) is 0 Å². The Morgan fingerprint density at radius 2 is 0.788 bits per heavy atom. The van der Waals surface area contributed by atoms with Crippen LogP contribution in [-0.2, 0) is 0 Å². The van der Waals surface area contributed by atoms with Gasteiger partial charge in [0.1, 0.15) is 11.2 Å². The number of benzene rings is 11. The lowest BCUT2D eigenvalue weighted by molar-refractivity contribution is 0.670. The second kappa shape index (κ2) is 16.8. The first-order valence-corrected chi connectivity index (χ1v) is 22.6. The van der Waals surface area contributed by atoms with Crippen LogP contribution < -0.4 is 4.90 Å². The van der Waals surface area contributed by atoms with Crippen molar-refractivity contribution < 1.29 is 4.42 Å². The lowest BCUT2D eigenvalue weighted by Crippen LogP contribution is -2.11. The maximum atomic E-state index is 6.60. The largest absolute Gasteiger partial charge is 0.455 e. The average Bonchev–Trinajstić information content (AvgIpc) is 3.79. The SMILES string of the molecule is c1ccc(-c2ccc(-c3ccc(N(c4cccc(-c5cccc6c5oc5ccccc56)c4)c4cc(-c5cccc6ccccc56)ccc4-c4ccccc4)cc3)cc2-c2ccccc2)cc1. The standard InChI is InChI=1S/C64H43NO/c1-4-17-45(18-5-1)56-39-35-49(42-61(56)48-21-8-3-9-22-48)44-33-37-52(38-34-44)65(53-26-14-25-50(41-53)58-30-16-31-60-59-28-12-13-32-63(59)66-64(58)60)62-43-51(36-40-57(62)47-19-6-2-7-20-47)55-29-15-24-46-23-10-11-27-54(46)55/h1-43H. The van der Waals surface area contributed by atoms with E-state index in [-0.39, 0.29) is 0 Å². The molecule has 2 heteroatoms. The maximum absolute atomic E-state index is 6.60. The van der Waals surface area contributed by atoms with Crippen LogP contribution in [0.2, 0.25) is 0 Å². The first-order chi connectivity index (χ1) is 32.7. The highest BCUT2D eigenvalue weighted by Gasteiger charge is 2.21. The van der Waals surface area contributed by atoms with Gasteiger partial charge in [-0.05, 0) is 109 Å². The summed E-state index contributed by atoms with van der Waals surface area (Å²) in [6.45, 7) is 0. The van der Waals surface area contributed by atoms with Crippen LogP contribution in [0.5, 0.6) is 0 Å². The summed E-state index contributed by atoms with van der Waals surface area (Å²) in [5.41, 5.74) is 18.8. The Labute approximate surface area is 384 Å². The van der Waals surface area contributed by atoms with Crippen molar-refractivity contribution in [1.29, 1.82) is 0 Å². The van der Waals surface area contributed by atoms with Crippen molar-refractivity contribution in [3.05, 3.63) is 261 Å². The van der Waals surface area contributed by atoms with Gasteiger partial charge < -0.3 is 9.32 Å². The van der Waals surface area contributed by atoms with Gasteiger partial charge >= 0.3 is 0 Å². The second-order valence-electron chi connectivity index (χ2n) is 16.8. The molecule has 11 aromatic carbocycles. The molecular weight excluding hydrogens is 799 g/mol. The molecule has 0 aliphatic rings. The van der Waals surface area contributed by atoms with E-state index in [0.29, 0.717) is 0 Å². The number of para-hydroxylation sites is 2. The van der Waals surface area contributed by atoms with Crippen LogP contribution >= 0.6 is 0 Å². The molecule has 2 nitrogen and oxygen atoms in total. The summed E-state index contributed by atoms with van der Waals surface area (Å²) in [6.07, 6.45) is 0. The predicted molar refractivity (Wildman–Crippen MR) is 279 cm³/mol. The van der Waals surface area contributed by atoms with Gasteiger partial charge in [0.25, 0.3) is 0 Å². The highest BCUT2D eigenvalue weighted by atomic mass is 16.3. The normalized spacial score (nSPS) is 11.3. The van der Waals surface area contributed by atoms with Crippen molar-refractivity contribution in [2.24, 2.45) is 0 Å². The molecule has 66 heavy (non-hydrogen) atoms. The van der Waals surface area contributed by atoms with Crippen LogP contribution in [0.4, 0.5) is 17.1 Å². The number of hydrogen-bond donors (Lipinski definition) is 0. The Hall–Kier alpha value is -8.72. The predicted octanol–water partition coefficient (Wildman–Crippen LogP) is 18.2. The van der Waals surface area contributed by atoms with Crippen molar-refractivity contribution in [1.82, 2.24) is 0 Å². The number of nitrogens with zero attached hydrogens (tertiary/aromatic N) is 1. The number of rotatable bonds is 9. The Morgan fingerprint density at radius 3 is 1.56 bits per heavy atom. The maximum Gasteiger partial charge on any atom is 0.143 e. The van der Waals surface area contributed by atoms with E-state index in [2.05, 4.69) is 260 Å². The first-order valence-electron chi connectivity index (χ1n) is 22.6. The third-order valence-electron chi connectivity index (χ3n) is 12.9. The molecule has 310 valence electrons. The van der Waals surface area contributed by atoms with Crippen LogP contribution in [0.3, 0.4) is 0 Å². The molecule has 0 radical (unpaired) electrons. The molecule has 0 aliphatic heterocycles. The van der Waals surface area contributed by atoms with Gasteiger partial charge in [0, 0.05) is 33.3 Å². The third-order valence-corrected chi connectivity index (χ3v) is 12.9. The molecule has 0 bridgehead atoms. The fraction of sp³-hybridized carbons (Fsp3) is 0. The van der Waals surface area contributed by atoms with Crippen molar-refractivity contribution in [3.8, 4) is 66.8 Å². The molecule has 12 aromatic rings. The number of hydrogen-bond acceptors (Lipinski definition) is 2. The summed E-state index contributed by atoms with van der Waals surface area (Å²) < 4.78 is 6.60. The van der Waals surface area contributed by atoms with Crippen LogP contribution in [0, 0.1) is 0 Å². The fourth-order valence-electron chi connectivity index (χ4n) is 9.69. The van der Waals surface area contributed by atoms with E-state index in [1.165, 1.54) is 38.6 Å². The van der Waals surface area contributed by atoms with E-state index in [9.17, 15) is 0 Å². The minimum atomic E-state index is 0.890. The topological polar surface area (TPSA) is 16.4 Å². The van der Waals surface area contributed by atoms with E-state index in [1.54, 1.807) is 0 Å². The Morgan fingerprint density at radius 1 is 0.258 bits per heavy atom. The van der Waals surface area contributed by atoms with E-state index in [4.69, 9.17) is 4.42 Å². The molecule has 0 amide bonds. The van der Waals surface area contributed by atoms with Gasteiger partial charge in [-0.1, -0.05) is 218 Å². The van der Waals surface area contributed by atoms with Crippen molar-refractivity contribution in [2.75, 3.05) is 4.90 Å². The minimum absolute atomic E-state index is 0.890. The Bertz CT molecular complexity index is 3680. The van der Waals surface area contributed by atoms with Crippen molar-refractivity contribution >= 4 is 49.8 Å². The molecule has 1 heterocycles. The van der Waals surface area contributed by atoms with Gasteiger partial charge in [0.2, 0.25) is 0 Å². The number of fused-ring (bicyclic) bond motifs is 4. The second-order valence-corrected chi connectivity index (χ2v) is 16.8. The molecule has 1 aromatic heterocycles. The van der Waals surface area contributed by atoms with Gasteiger partial charge in [-0.25, -0.2) is 0 Å². The Kier molecular flexibility index (Phi) is 9.89. The lowest BCUT2D eigenvalue weighted by Gasteiger charge is -2.29. The molecule has 0 saturated heterocycles. The van der Waals surface area contributed by atoms with Gasteiger partial charge in [-0.3, -0.25) is 0 Å². The number of anilines is 3. The summed E-state index contributed by atoms with van der Waals surface area (Å²) in [5.74, 6) is 0. The smallest absolute Gasteiger partial charge is 0.143 e. The Balaban J connectivity index is 1.05. The molecule has 0 aliphatic carbocycles. The molecule has 0 atom stereocenters. The van der Waals surface area contributed by atoms with Gasteiger partial charge in [-0.15, -0.1) is 0 Å². The van der Waals surface area contributed by atoms with Crippen LogP contribution in [0.25, 0.3) is 99.5 Å². The van der Waals surface area contributed by atoms with Crippen LogP contribution in [0.1, 0.15) is 0 Å². The summed E-state index contributed by atoms with van der Waals surface area (Å²) >= 11 is 0. The van der Waals surface area contributed by atoms with E-state index in [1.807, 2.05) is 6.07 Å². The summed E-state index contributed by atoms with van der Waals surface area (Å²) in [6, 6.07) is 94.0. The molecule has 0 N–H and O–H groups in total. The monoisotopic (exact) mass is 841 g/mol. The van der Waals surface area contributed by atoms with Gasteiger partial charge in [0.05, 0.1) is 5.69 Å². The molecule has 0 spiro atoms. The molecule has 0 unspecified atom stereocenters. The average molecular weight is 842 g/mol. The summed E-state index contributed by atoms with van der Waals surface area (Å²) in [4.78, 5) is 2.43. The molecule has 12 rings (SSSR count). The van der Waals surface area contributed by atoms with Crippen molar-refractivity contribution in [3.63, 3.8) is 0 Å². The van der Waals surface area contributed by atoms with Gasteiger partial charge in [-0.2, -0.15) is 0 Å². The first kappa shape index (κ1) is 38.9. The quantitative estimate of drug-likeness (QED) is 0.144. The molecule has 0 saturated carbocycles. The molecule has 0 fully saturated rings. The summed E-state index contributed by atoms with van der Waals surface area (Å²) in [7, 11) is 0. The fourth-order valence-corrected chi connectivity index (χ4v) is 9.69. The zero-order valence-electron chi connectivity index (χ0n) is 36.2. The van der Waals surface area contributed by atoms with Gasteiger partial charge in [0.15, 0.2) is 0 Å². The minimum Gasteiger partial charge on any atom is -0.455 e. The zero-order valence-corrected chi connectivity index (χ0v) is 36.2. The zero-order chi connectivity index (χ0) is 43.8. The molecular formula is C64H43NO. The highest BCUT2D eigenvalue weighted by molar-refractivity contribution is 6.10. The van der Waals surface area contributed by atoms with Crippen molar-refractivity contribution in [2.45, 2.75) is 0 Å². The van der Waals surface area contributed by atoms with E-state index < -0.39 is 0 Å². The lowest BCUT2D eigenvalue weighted by atomic mass is 9.91. The number of furan rings is 1.